The lowest BCUT2D eigenvalue weighted by Gasteiger charge is -2.33. The second kappa shape index (κ2) is 9.83. The minimum atomic E-state index is 0.0873. The molecule has 0 aliphatic rings. The van der Waals surface area contributed by atoms with E-state index in [0.717, 1.165) is 38.9 Å². The van der Waals surface area contributed by atoms with Crippen LogP contribution in [0.4, 0.5) is 0 Å². The SMILES string of the molecule is CCCC(N)C(CO)N(CC)CCCN(C)C. The molecule has 0 rings (SSSR count). The van der Waals surface area contributed by atoms with E-state index in [0.29, 0.717) is 0 Å². The molecule has 0 bridgehead atoms. The first-order chi connectivity index (χ1) is 8.06. The summed E-state index contributed by atoms with van der Waals surface area (Å²) in [6, 6.07) is 0.200. The maximum Gasteiger partial charge on any atom is 0.0601 e. The quantitative estimate of drug-likeness (QED) is 0.596. The Bertz CT molecular complexity index is 176. The molecule has 0 aromatic heterocycles. The van der Waals surface area contributed by atoms with Gasteiger partial charge in [0.1, 0.15) is 0 Å². The van der Waals surface area contributed by atoms with Crippen molar-refractivity contribution in [1.82, 2.24) is 9.80 Å². The van der Waals surface area contributed by atoms with Crippen LogP contribution in [0.2, 0.25) is 0 Å². The summed E-state index contributed by atoms with van der Waals surface area (Å²) >= 11 is 0. The fourth-order valence-corrected chi connectivity index (χ4v) is 2.20. The van der Waals surface area contributed by atoms with Gasteiger partial charge in [-0.3, -0.25) is 4.90 Å². The molecule has 0 saturated carbocycles. The summed E-state index contributed by atoms with van der Waals surface area (Å²) in [6.45, 7) is 7.48. The molecule has 0 aromatic rings. The first kappa shape index (κ1) is 16.8. The van der Waals surface area contributed by atoms with Crippen LogP contribution in [0.5, 0.6) is 0 Å². The molecule has 3 N–H and O–H groups in total. The van der Waals surface area contributed by atoms with E-state index in [1.165, 1.54) is 0 Å². The zero-order valence-electron chi connectivity index (χ0n) is 12.0. The van der Waals surface area contributed by atoms with Crippen LogP contribution in [-0.4, -0.2) is 67.3 Å². The van der Waals surface area contributed by atoms with E-state index in [4.69, 9.17) is 5.73 Å². The van der Waals surface area contributed by atoms with E-state index in [1.807, 2.05) is 0 Å². The van der Waals surface area contributed by atoms with Gasteiger partial charge in [-0.25, -0.2) is 0 Å². The highest BCUT2D eigenvalue weighted by molar-refractivity contribution is 4.81. The Morgan fingerprint density at radius 3 is 2.24 bits per heavy atom. The van der Waals surface area contributed by atoms with E-state index in [-0.39, 0.29) is 18.7 Å². The fourth-order valence-electron chi connectivity index (χ4n) is 2.20. The number of hydrogen-bond acceptors (Lipinski definition) is 4. The third kappa shape index (κ3) is 6.99. The molecule has 0 saturated heterocycles. The molecule has 0 heterocycles. The summed E-state index contributed by atoms with van der Waals surface area (Å²) in [5.41, 5.74) is 6.13. The Morgan fingerprint density at radius 2 is 1.82 bits per heavy atom. The van der Waals surface area contributed by atoms with Crippen LogP contribution in [0, 0.1) is 0 Å². The zero-order valence-corrected chi connectivity index (χ0v) is 12.0. The van der Waals surface area contributed by atoms with Gasteiger partial charge >= 0.3 is 0 Å². The molecule has 0 spiro atoms. The van der Waals surface area contributed by atoms with Gasteiger partial charge < -0.3 is 15.7 Å². The number of aliphatic hydroxyl groups is 1. The molecule has 0 aliphatic heterocycles. The van der Waals surface area contributed by atoms with Gasteiger partial charge in [0.25, 0.3) is 0 Å². The Labute approximate surface area is 107 Å². The summed E-state index contributed by atoms with van der Waals surface area (Å²) in [7, 11) is 4.17. The van der Waals surface area contributed by atoms with Crippen molar-refractivity contribution < 1.29 is 5.11 Å². The number of hydrogen-bond donors (Lipinski definition) is 2. The van der Waals surface area contributed by atoms with Crippen LogP contribution in [0.1, 0.15) is 33.1 Å². The third-order valence-electron chi connectivity index (χ3n) is 3.23. The molecule has 17 heavy (non-hydrogen) atoms. The lowest BCUT2D eigenvalue weighted by molar-refractivity contribution is 0.102. The topological polar surface area (TPSA) is 52.7 Å². The van der Waals surface area contributed by atoms with Gasteiger partial charge in [0.15, 0.2) is 0 Å². The second-order valence-corrected chi connectivity index (χ2v) is 4.99. The van der Waals surface area contributed by atoms with Crippen LogP contribution in [0.15, 0.2) is 0 Å². The van der Waals surface area contributed by atoms with Gasteiger partial charge in [-0.1, -0.05) is 20.3 Å². The summed E-state index contributed by atoms with van der Waals surface area (Å²) in [6.07, 6.45) is 3.18. The smallest absolute Gasteiger partial charge is 0.0601 e. The highest BCUT2D eigenvalue weighted by Crippen LogP contribution is 2.08. The van der Waals surface area contributed by atoms with Crippen molar-refractivity contribution in [1.29, 1.82) is 0 Å². The van der Waals surface area contributed by atoms with E-state index in [2.05, 4.69) is 37.7 Å². The van der Waals surface area contributed by atoms with Crippen LogP contribution in [-0.2, 0) is 0 Å². The summed E-state index contributed by atoms with van der Waals surface area (Å²) in [5.74, 6) is 0. The maximum atomic E-state index is 9.50. The number of likely N-dealkylation sites (N-methyl/N-ethyl adjacent to an activating group) is 1. The summed E-state index contributed by atoms with van der Waals surface area (Å²) in [5, 5.41) is 9.50. The first-order valence-corrected chi connectivity index (χ1v) is 6.81. The molecule has 0 amide bonds. The minimum Gasteiger partial charge on any atom is -0.395 e. The van der Waals surface area contributed by atoms with Crippen LogP contribution in [0.3, 0.4) is 0 Å². The molecule has 0 aromatic carbocycles. The van der Waals surface area contributed by atoms with Crippen molar-refractivity contribution in [2.75, 3.05) is 40.3 Å². The highest BCUT2D eigenvalue weighted by atomic mass is 16.3. The normalized spacial score (nSPS) is 15.5. The van der Waals surface area contributed by atoms with Gasteiger partial charge in [-0.05, 0) is 46.6 Å². The second-order valence-electron chi connectivity index (χ2n) is 4.99. The lowest BCUT2D eigenvalue weighted by atomic mass is 10.0. The van der Waals surface area contributed by atoms with Crippen molar-refractivity contribution in [3.8, 4) is 0 Å². The Hall–Kier alpha value is -0.160. The van der Waals surface area contributed by atoms with Crippen LogP contribution < -0.4 is 5.73 Å². The fraction of sp³-hybridized carbons (Fsp3) is 1.00. The molecule has 2 unspecified atom stereocenters. The van der Waals surface area contributed by atoms with Crippen LogP contribution >= 0.6 is 0 Å². The molecule has 104 valence electrons. The largest absolute Gasteiger partial charge is 0.395 e. The number of nitrogens with zero attached hydrogens (tertiary/aromatic N) is 2. The summed E-state index contributed by atoms with van der Waals surface area (Å²) in [4.78, 5) is 4.50. The molecular formula is C13H31N3O. The van der Waals surface area contributed by atoms with Crippen molar-refractivity contribution in [3.63, 3.8) is 0 Å². The summed E-state index contributed by atoms with van der Waals surface area (Å²) < 4.78 is 0. The first-order valence-electron chi connectivity index (χ1n) is 6.81. The van der Waals surface area contributed by atoms with E-state index < -0.39 is 0 Å². The number of rotatable bonds is 10. The van der Waals surface area contributed by atoms with Crippen molar-refractivity contribution in [2.24, 2.45) is 5.73 Å². The molecule has 4 nitrogen and oxygen atoms in total. The lowest BCUT2D eigenvalue weighted by Crippen LogP contribution is -2.50. The van der Waals surface area contributed by atoms with Crippen molar-refractivity contribution in [3.05, 3.63) is 0 Å². The average Bonchev–Trinajstić information content (AvgIpc) is 2.27. The third-order valence-corrected chi connectivity index (χ3v) is 3.23. The van der Waals surface area contributed by atoms with Crippen molar-refractivity contribution in [2.45, 2.75) is 45.2 Å². The standard InChI is InChI=1S/C13H31N3O/c1-5-8-12(14)13(11-17)16(6-2)10-7-9-15(3)4/h12-13,17H,5-11,14H2,1-4H3. The maximum absolute atomic E-state index is 9.50. The predicted molar refractivity (Wildman–Crippen MR) is 74.2 cm³/mol. The van der Waals surface area contributed by atoms with Crippen LogP contribution in [0.25, 0.3) is 0 Å². The highest BCUT2D eigenvalue weighted by Gasteiger charge is 2.22. The predicted octanol–water partition coefficient (Wildman–Crippen LogP) is 0.748. The Morgan fingerprint density at radius 1 is 1.18 bits per heavy atom. The monoisotopic (exact) mass is 245 g/mol. The van der Waals surface area contributed by atoms with Gasteiger partial charge in [-0.2, -0.15) is 0 Å². The van der Waals surface area contributed by atoms with Gasteiger partial charge in [0, 0.05) is 12.1 Å². The van der Waals surface area contributed by atoms with E-state index >= 15 is 0 Å². The van der Waals surface area contributed by atoms with Gasteiger partial charge in [0.05, 0.1) is 6.61 Å². The molecule has 0 radical (unpaired) electrons. The van der Waals surface area contributed by atoms with Gasteiger partial charge in [-0.15, -0.1) is 0 Å². The molecule has 0 aliphatic carbocycles. The van der Waals surface area contributed by atoms with Crippen molar-refractivity contribution >= 4 is 0 Å². The molecule has 2 atom stereocenters. The molecule has 0 fully saturated rings. The zero-order chi connectivity index (χ0) is 13.3. The molecular weight excluding hydrogens is 214 g/mol. The average molecular weight is 245 g/mol. The van der Waals surface area contributed by atoms with E-state index in [9.17, 15) is 5.11 Å². The Kier molecular flexibility index (Phi) is 9.74. The van der Waals surface area contributed by atoms with Gasteiger partial charge in [0.2, 0.25) is 0 Å². The van der Waals surface area contributed by atoms with E-state index in [1.54, 1.807) is 0 Å². The Balaban J connectivity index is 4.17. The number of nitrogens with two attached hydrogens (primary N) is 1. The number of aliphatic hydroxyl groups excluding tert-OH is 1. The minimum absolute atomic E-state index is 0.0873. The molecule has 4 heteroatoms.